The van der Waals surface area contributed by atoms with Gasteiger partial charge in [0.1, 0.15) is 11.2 Å². The van der Waals surface area contributed by atoms with Crippen molar-refractivity contribution in [1.29, 1.82) is 0 Å². The predicted octanol–water partition coefficient (Wildman–Crippen LogP) is 14.7. The lowest BCUT2D eigenvalue weighted by molar-refractivity contribution is -0.126. The Labute approximate surface area is 340 Å². The molecule has 0 atom stereocenters. The van der Waals surface area contributed by atoms with Crippen LogP contribution in [0.25, 0.3) is 0 Å². The van der Waals surface area contributed by atoms with Crippen LogP contribution in [0.15, 0.2) is 48.6 Å². The lowest BCUT2D eigenvalue weighted by Gasteiger charge is -2.56. The van der Waals surface area contributed by atoms with Gasteiger partial charge in [-0.15, -0.1) is 0 Å². The average molecular weight is 759 g/mol. The first kappa shape index (κ1) is 43.4. The molecule has 6 aliphatic rings. The SMILES string of the molecule is CCCCC1CCC(C2(C3(OCCC)C=CC(COCC4C=CC(OCCC)(C5(C6CCC(CCCC)CC6)CCCCC5)C=C4)C=C3)CCCCC2)CC1. The number of hydrogen-bond donors (Lipinski definition) is 0. The summed E-state index contributed by atoms with van der Waals surface area (Å²) >= 11 is 0. The molecule has 4 fully saturated rings. The van der Waals surface area contributed by atoms with Crippen molar-refractivity contribution in [1.82, 2.24) is 0 Å². The summed E-state index contributed by atoms with van der Waals surface area (Å²) in [6.07, 6.45) is 55.3. The van der Waals surface area contributed by atoms with Crippen LogP contribution >= 0.6 is 0 Å². The quantitative estimate of drug-likeness (QED) is 0.116. The van der Waals surface area contributed by atoms with Gasteiger partial charge in [-0.1, -0.05) is 179 Å². The van der Waals surface area contributed by atoms with Crippen molar-refractivity contribution in [2.45, 2.75) is 206 Å². The molecule has 0 spiro atoms. The van der Waals surface area contributed by atoms with Crippen LogP contribution < -0.4 is 0 Å². The fourth-order valence-corrected chi connectivity index (χ4v) is 13.1. The summed E-state index contributed by atoms with van der Waals surface area (Å²) in [5, 5.41) is 0. The summed E-state index contributed by atoms with van der Waals surface area (Å²) < 4.78 is 20.7. The van der Waals surface area contributed by atoms with Gasteiger partial charge in [-0.05, 0) is 87.9 Å². The van der Waals surface area contributed by atoms with E-state index < -0.39 is 0 Å². The number of ether oxygens (including phenoxy) is 3. The highest BCUT2D eigenvalue weighted by Crippen LogP contribution is 2.60. The van der Waals surface area contributed by atoms with E-state index in [1.807, 2.05) is 0 Å². The zero-order valence-corrected chi connectivity index (χ0v) is 36.5. The maximum atomic E-state index is 7.08. The van der Waals surface area contributed by atoms with Crippen LogP contribution in [0.2, 0.25) is 0 Å². The second kappa shape index (κ2) is 21.2. The molecule has 6 rings (SSSR count). The van der Waals surface area contributed by atoms with Gasteiger partial charge in [0.05, 0.1) is 13.2 Å². The van der Waals surface area contributed by atoms with E-state index in [9.17, 15) is 0 Å². The minimum atomic E-state index is -0.263. The molecule has 0 radical (unpaired) electrons. The van der Waals surface area contributed by atoms with Crippen molar-refractivity contribution in [2.75, 3.05) is 26.4 Å². The molecular formula is C52H86O3. The van der Waals surface area contributed by atoms with Gasteiger partial charge in [0, 0.05) is 35.9 Å². The van der Waals surface area contributed by atoms with Crippen molar-refractivity contribution in [3.63, 3.8) is 0 Å². The van der Waals surface area contributed by atoms with Crippen LogP contribution in [0, 0.1) is 46.3 Å². The zero-order chi connectivity index (χ0) is 38.5. The fraction of sp³-hybridized carbons (Fsp3) is 0.846. The first-order valence-electron chi connectivity index (χ1n) is 24.6. The first-order valence-corrected chi connectivity index (χ1v) is 24.6. The highest BCUT2D eigenvalue weighted by Gasteiger charge is 2.56. The van der Waals surface area contributed by atoms with Crippen LogP contribution in [0.4, 0.5) is 0 Å². The molecule has 0 aromatic rings. The fourth-order valence-electron chi connectivity index (χ4n) is 13.1. The Morgan fingerprint density at radius 1 is 0.455 bits per heavy atom. The molecule has 0 aromatic heterocycles. The van der Waals surface area contributed by atoms with Crippen LogP contribution in [0.5, 0.6) is 0 Å². The zero-order valence-electron chi connectivity index (χ0n) is 36.5. The second-order valence-electron chi connectivity index (χ2n) is 19.7. The van der Waals surface area contributed by atoms with Crippen molar-refractivity contribution >= 4 is 0 Å². The van der Waals surface area contributed by atoms with Gasteiger partial charge in [-0.2, -0.15) is 0 Å². The van der Waals surface area contributed by atoms with E-state index in [-0.39, 0.29) is 22.0 Å². The summed E-state index contributed by atoms with van der Waals surface area (Å²) in [6, 6.07) is 0. The summed E-state index contributed by atoms with van der Waals surface area (Å²) in [5.74, 6) is 4.07. The maximum Gasteiger partial charge on any atom is 0.110 e. The lowest BCUT2D eigenvalue weighted by atomic mass is 9.52. The molecule has 0 bridgehead atoms. The van der Waals surface area contributed by atoms with E-state index in [2.05, 4.69) is 76.3 Å². The molecule has 0 saturated heterocycles. The Hall–Kier alpha value is -1.16. The Kier molecular flexibility index (Phi) is 16.7. The number of hydrogen-bond acceptors (Lipinski definition) is 3. The molecule has 3 nitrogen and oxygen atoms in total. The molecule has 0 unspecified atom stereocenters. The average Bonchev–Trinajstić information content (AvgIpc) is 3.25. The van der Waals surface area contributed by atoms with Gasteiger partial charge in [0.2, 0.25) is 0 Å². The standard InChI is InChI=1S/C52H86O3/c1-5-9-17-43-19-23-47(24-20-43)49(31-13-11-14-32-49)51(54-39-7-3)35-27-45(28-36-51)41-53-42-46-29-37-52(38-30-46,55-40-8-4)50(33-15-12-16-34-50)48-25-21-44(22-26-48)18-10-6-2/h27-30,35-38,43-48H,5-26,31-34,39-42H2,1-4H3. The van der Waals surface area contributed by atoms with Gasteiger partial charge in [0.15, 0.2) is 0 Å². The molecule has 0 aromatic carbocycles. The summed E-state index contributed by atoms with van der Waals surface area (Å²) in [4.78, 5) is 0. The van der Waals surface area contributed by atoms with E-state index in [0.29, 0.717) is 11.8 Å². The van der Waals surface area contributed by atoms with E-state index in [4.69, 9.17) is 14.2 Å². The minimum absolute atomic E-state index is 0.239. The predicted molar refractivity (Wildman–Crippen MR) is 233 cm³/mol. The van der Waals surface area contributed by atoms with Crippen molar-refractivity contribution in [3.05, 3.63) is 48.6 Å². The molecule has 312 valence electrons. The normalized spacial score (nSPS) is 35.9. The number of rotatable bonds is 20. The lowest BCUT2D eigenvalue weighted by Crippen LogP contribution is -2.55. The largest absolute Gasteiger partial charge is 0.380 e. The minimum Gasteiger partial charge on any atom is -0.380 e. The molecule has 6 aliphatic carbocycles. The molecule has 0 aliphatic heterocycles. The highest BCUT2D eigenvalue weighted by atomic mass is 16.5. The molecule has 0 N–H and O–H groups in total. The third-order valence-electron chi connectivity index (χ3n) is 16.3. The summed E-state index contributed by atoms with van der Waals surface area (Å²) in [6.45, 7) is 12.4. The maximum absolute atomic E-state index is 7.08. The monoisotopic (exact) mass is 759 g/mol. The van der Waals surface area contributed by atoms with E-state index >= 15 is 0 Å². The first-order chi connectivity index (χ1) is 27.0. The second-order valence-corrected chi connectivity index (χ2v) is 19.7. The van der Waals surface area contributed by atoms with E-state index in [1.165, 1.54) is 154 Å². The van der Waals surface area contributed by atoms with Crippen molar-refractivity contribution < 1.29 is 14.2 Å². The molecule has 0 amide bonds. The van der Waals surface area contributed by atoms with Gasteiger partial charge in [0.25, 0.3) is 0 Å². The molecule has 3 heteroatoms. The third kappa shape index (κ3) is 10.0. The van der Waals surface area contributed by atoms with Gasteiger partial charge < -0.3 is 14.2 Å². The Morgan fingerprint density at radius 2 is 0.818 bits per heavy atom. The van der Waals surface area contributed by atoms with E-state index in [1.54, 1.807) is 0 Å². The topological polar surface area (TPSA) is 27.7 Å². The third-order valence-corrected chi connectivity index (χ3v) is 16.3. The highest BCUT2D eigenvalue weighted by molar-refractivity contribution is 5.31. The van der Waals surface area contributed by atoms with Gasteiger partial charge >= 0.3 is 0 Å². The molecule has 0 heterocycles. The Bertz CT molecular complexity index is 1090. The van der Waals surface area contributed by atoms with Crippen LogP contribution in [0.3, 0.4) is 0 Å². The van der Waals surface area contributed by atoms with Crippen molar-refractivity contribution in [3.8, 4) is 0 Å². The Morgan fingerprint density at radius 3 is 1.15 bits per heavy atom. The van der Waals surface area contributed by atoms with Gasteiger partial charge in [-0.3, -0.25) is 0 Å². The smallest absolute Gasteiger partial charge is 0.110 e. The van der Waals surface area contributed by atoms with Crippen molar-refractivity contribution in [2.24, 2.45) is 46.3 Å². The van der Waals surface area contributed by atoms with Gasteiger partial charge in [-0.25, -0.2) is 0 Å². The summed E-state index contributed by atoms with van der Waals surface area (Å²) in [5.41, 5.74) is -0.0468. The van der Waals surface area contributed by atoms with Crippen LogP contribution in [0.1, 0.15) is 195 Å². The number of unbranched alkanes of at least 4 members (excludes halogenated alkanes) is 2. The molecule has 4 saturated carbocycles. The summed E-state index contributed by atoms with van der Waals surface area (Å²) in [7, 11) is 0. The molecular weight excluding hydrogens is 673 g/mol. The Balaban J connectivity index is 1.09. The van der Waals surface area contributed by atoms with Crippen LogP contribution in [-0.4, -0.2) is 37.6 Å². The van der Waals surface area contributed by atoms with E-state index in [0.717, 1.165) is 62.9 Å². The van der Waals surface area contributed by atoms with Crippen LogP contribution in [-0.2, 0) is 14.2 Å². The molecule has 55 heavy (non-hydrogen) atoms.